The lowest BCUT2D eigenvalue weighted by Crippen LogP contribution is -2.45. The van der Waals surface area contributed by atoms with Crippen molar-refractivity contribution in [3.63, 3.8) is 0 Å². The minimum atomic E-state index is -1.22. The van der Waals surface area contributed by atoms with E-state index in [0.717, 1.165) is 16.6 Å². The molecule has 0 bridgehead atoms. The minimum Gasteiger partial charge on any atom is -0.480 e. The monoisotopic (exact) mass is 376 g/mol. The van der Waals surface area contributed by atoms with Gasteiger partial charge in [-0.2, -0.15) is 0 Å². The highest BCUT2D eigenvalue weighted by molar-refractivity contribution is 7.99. The lowest BCUT2D eigenvalue weighted by molar-refractivity contribution is -0.479. The number of carbonyl (C=O) groups is 2. The molecule has 1 heterocycles. The highest BCUT2D eigenvalue weighted by atomic mass is 32.2. The van der Waals surface area contributed by atoms with Crippen molar-refractivity contribution in [3.8, 4) is 0 Å². The number of carboxylic acids is 1. The Bertz CT molecular complexity index is 570. The maximum atomic E-state index is 11.7. The predicted molar refractivity (Wildman–Crippen MR) is 92.2 cm³/mol. The van der Waals surface area contributed by atoms with Crippen LogP contribution < -0.4 is 5.32 Å². The first-order chi connectivity index (χ1) is 11.1. The smallest absolute Gasteiger partial charge is 0.408 e. The standard InChI is InChI=1S/C14H20N2O6S2/c1-14(2,3)22-13(19)15-9(12(17)18)8-24-11(7-16(20)21)10-5-4-6-23-10/h4-6,9,11H,7-8H2,1-3H3,(H,15,19)(H,17,18)/t9-,11+/m0/s1. The quantitative estimate of drug-likeness (QED) is 0.529. The molecule has 1 amide bonds. The normalized spacial score (nSPS) is 13.8. The van der Waals surface area contributed by atoms with Crippen LogP contribution >= 0.6 is 23.1 Å². The fourth-order valence-electron chi connectivity index (χ4n) is 1.67. The summed E-state index contributed by atoms with van der Waals surface area (Å²) in [6.45, 7) is 4.69. The van der Waals surface area contributed by atoms with Gasteiger partial charge in [0.25, 0.3) is 0 Å². The predicted octanol–water partition coefficient (Wildman–Crippen LogP) is 2.78. The van der Waals surface area contributed by atoms with Gasteiger partial charge < -0.3 is 15.2 Å². The second kappa shape index (κ2) is 8.88. The molecule has 134 valence electrons. The average Bonchev–Trinajstić information content (AvgIpc) is 2.92. The van der Waals surface area contributed by atoms with Gasteiger partial charge >= 0.3 is 12.1 Å². The van der Waals surface area contributed by atoms with E-state index in [2.05, 4.69) is 5.32 Å². The summed E-state index contributed by atoms with van der Waals surface area (Å²) in [7, 11) is 0. The zero-order valence-electron chi connectivity index (χ0n) is 13.6. The Balaban J connectivity index is 2.68. The van der Waals surface area contributed by atoms with E-state index in [0.29, 0.717) is 0 Å². The van der Waals surface area contributed by atoms with E-state index in [1.54, 1.807) is 38.3 Å². The van der Waals surface area contributed by atoms with E-state index < -0.39 is 33.9 Å². The number of nitrogens with zero attached hydrogens (tertiary/aromatic N) is 1. The van der Waals surface area contributed by atoms with Crippen LogP contribution in [-0.4, -0.2) is 46.0 Å². The van der Waals surface area contributed by atoms with Crippen molar-refractivity contribution in [1.29, 1.82) is 0 Å². The molecule has 0 aliphatic rings. The zero-order chi connectivity index (χ0) is 18.3. The molecule has 8 nitrogen and oxygen atoms in total. The highest BCUT2D eigenvalue weighted by Gasteiger charge is 2.27. The first-order valence-electron chi connectivity index (χ1n) is 7.07. The van der Waals surface area contributed by atoms with Crippen LogP contribution in [0.25, 0.3) is 0 Å². The number of hydrogen-bond acceptors (Lipinski definition) is 7. The number of nitrogens with one attached hydrogen (secondary N) is 1. The molecule has 0 radical (unpaired) electrons. The molecule has 0 saturated heterocycles. The van der Waals surface area contributed by atoms with Gasteiger partial charge in [0, 0.05) is 15.6 Å². The highest BCUT2D eigenvalue weighted by Crippen LogP contribution is 2.32. The van der Waals surface area contributed by atoms with E-state index in [4.69, 9.17) is 4.74 Å². The third-order valence-corrected chi connectivity index (χ3v) is 5.09. The SMILES string of the molecule is CC(C)(C)OC(=O)N[C@@H](CS[C@H](C[N+](=O)[O-])c1cccs1)C(=O)O. The molecule has 1 rings (SSSR count). The van der Waals surface area contributed by atoms with E-state index in [-0.39, 0.29) is 12.3 Å². The van der Waals surface area contributed by atoms with Crippen LogP contribution in [0.1, 0.15) is 30.9 Å². The largest absolute Gasteiger partial charge is 0.480 e. The van der Waals surface area contributed by atoms with Crippen molar-refractivity contribution < 1.29 is 24.4 Å². The number of alkyl carbamates (subject to hydrolysis) is 1. The molecule has 1 aromatic heterocycles. The average molecular weight is 376 g/mol. The molecule has 0 aromatic carbocycles. The fourth-order valence-corrected chi connectivity index (χ4v) is 3.86. The third-order valence-electron chi connectivity index (χ3n) is 2.63. The van der Waals surface area contributed by atoms with E-state index in [9.17, 15) is 24.8 Å². The first-order valence-corrected chi connectivity index (χ1v) is 9.00. The lowest BCUT2D eigenvalue weighted by atomic mass is 10.2. The summed E-state index contributed by atoms with van der Waals surface area (Å²) in [5.74, 6) is -1.23. The van der Waals surface area contributed by atoms with Crippen LogP contribution in [0.3, 0.4) is 0 Å². The van der Waals surface area contributed by atoms with Crippen molar-refractivity contribution >= 4 is 35.2 Å². The van der Waals surface area contributed by atoms with Gasteiger partial charge in [0.05, 0.1) is 0 Å². The summed E-state index contributed by atoms with van der Waals surface area (Å²) < 4.78 is 5.03. The summed E-state index contributed by atoms with van der Waals surface area (Å²) >= 11 is 2.49. The second-order valence-electron chi connectivity index (χ2n) is 5.89. The van der Waals surface area contributed by atoms with E-state index >= 15 is 0 Å². The maximum absolute atomic E-state index is 11.7. The van der Waals surface area contributed by atoms with Crippen LogP contribution in [0.2, 0.25) is 0 Å². The molecule has 1 aromatic rings. The number of ether oxygens (including phenoxy) is 1. The van der Waals surface area contributed by atoms with Gasteiger partial charge in [0.1, 0.15) is 16.9 Å². The molecule has 0 saturated carbocycles. The number of thioether (sulfide) groups is 1. The molecule has 0 spiro atoms. The summed E-state index contributed by atoms with van der Waals surface area (Å²) in [5.41, 5.74) is -0.745. The minimum absolute atomic E-state index is 0.00895. The summed E-state index contributed by atoms with van der Waals surface area (Å²) in [6, 6.07) is 2.35. The van der Waals surface area contributed by atoms with Gasteiger partial charge in [-0.15, -0.1) is 23.1 Å². The molecule has 0 aliphatic heterocycles. The van der Waals surface area contributed by atoms with Crippen molar-refractivity contribution in [3.05, 3.63) is 32.5 Å². The molecular weight excluding hydrogens is 356 g/mol. The third kappa shape index (κ3) is 7.64. The molecule has 2 N–H and O–H groups in total. The van der Waals surface area contributed by atoms with E-state index in [1.807, 2.05) is 0 Å². The number of nitro groups is 1. The van der Waals surface area contributed by atoms with Crippen LogP contribution in [0, 0.1) is 10.1 Å². The van der Waals surface area contributed by atoms with Gasteiger partial charge in [-0.3, -0.25) is 10.1 Å². The molecule has 10 heteroatoms. The van der Waals surface area contributed by atoms with Gasteiger partial charge in [-0.05, 0) is 32.2 Å². The number of rotatable bonds is 8. The van der Waals surface area contributed by atoms with Gasteiger partial charge in [-0.1, -0.05) is 6.07 Å². The number of carbonyl (C=O) groups excluding carboxylic acids is 1. The number of thiophene rings is 1. The van der Waals surface area contributed by atoms with Gasteiger partial charge in [0.15, 0.2) is 0 Å². The van der Waals surface area contributed by atoms with Crippen molar-refractivity contribution in [2.75, 3.05) is 12.3 Å². The molecule has 2 atom stereocenters. The number of aliphatic carboxylic acids is 1. The van der Waals surface area contributed by atoms with Crippen molar-refractivity contribution in [2.45, 2.75) is 37.7 Å². The second-order valence-corrected chi connectivity index (χ2v) is 8.10. The van der Waals surface area contributed by atoms with Crippen molar-refractivity contribution in [1.82, 2.24) is 5.32 Å². The van der Waals surface area contributed by atoms with Crippen molar-refractivity contribution in [2.24, 2.45) is 0 Å². The summed E-state index contributed by atoms with van der Waals surface area (Å²) in [4.78, 5) is 34.2. The topological polar surface area (TPSA) is 119 Å². The zero-order valence-corrected chi connectivity index (χ0v) is 15.2. The Kier molecular flexibility index (Phi) is 7.49. The van der Waals surface area contributed by atoms with Gasteiger partial charge in [-0.25, -0.2) is 9.59 Å². The van der Waals surface area contributed by atoms with Crippen LogP contribution in [-0.2, 0) is 9.53 Å². The molecule has 0 aliphatic carbocycles. The molecule has 0 fully saturated rings. The lowest BCUT2D eigenvalue weighted by Gasteiger charge is -2.22. The summed E-state index contributed by atoms with van der Waals surface area (Å²) in [5, 5.41) is 23.7. The Morgan fingerprint density at radius 1 is 1.50 bits per heavy atom. The Hall–Kier alpha value is -1.81. The number of hydrogen-bond donors (Lipinski definition) is 2. The number of carboxylic acid groups (broad SMARTS) is 1. The Morgan fingerprint density at radius 2 is 2.17 bits per heavy atom. The molecular formula is C14H20N2O6S2. The summed E-state index contributed by atoms with van der Waals surface area (Å²) in [6.07, 6.45) is -0.836. The Morgan fingerprint density at radius 3 is 2.62 bits per heavy atom. The fraction of sp³-hybridized carbons (Fsp3) is 0.571. The maximum Gasteiger partial charge on any atom is 0.408 e. The van der Waals surface area contributed by atoms with Crippen LogP contribution in [0.15, 0.2) is 17.5 Å². The van der Waals surface area contributed by atoms with Crippen LogP contribution in [0.5, 0.6) is 0 Å². The van der Waals surface area contributed by atoms with Crippen LogP contribution in [0.4, 0.5) is 4.79 Å². The molecule has 0 unspecified atom stereocenters. The van der Waals surface area contributed by atoms with Gasteiger partial charge in [0.2, 0.25) is 6.54 Å². The van der Waals surface area contributed by atoms with E-state index in [1.165, 1.54) is 11.3 Å². The Labute approximate surface area is 147 Å². The number of amides is 1. The first kappa shape index (κ1) is 20.2. The molecule has 24 heavy (non-hydrogen) atoms.